The number of aromatic nitrogens is 1. The number of carboxylic acid groups (broad SMARTS) is 1. The van der Waals surface area contributed by atoms with E-state index in [1.54, 1.807) is 36.4 Å². The number of nitrogens with zero attached hydrogens (tertiary/aromatic N) is 2. The van der Waals surface area contributed by atoms with Crippen molar-refractivity contribution >= 4 is 22.4 Å². The summed E-state index contributed by atoms with van der Waals surface area (Å²) in [6.07, 6.45) is 0.687. The van der Waals surface area contributed by atoms with Gasteiger partial charge in [-0.05, 0) is 77.6 Å². The summed E-state index contributed by atoms with van der Waals surface area (Å²) in [5.74, 6) is -1.66. The summed E-state index contributed by atoms with van der Waals surface area (Å²) in [6, 6.07) is 25.1. The summed E-state index contributed by atoms with van der Waals surface area (Å²) in [7, 11) is 0. The Kier molecular flexibility index (Phi) is 9.73. The first kappa shape index (κ1) is 29.8. The summed E-state index contributed by atoms with van der Waals surface area (Å²) >= 11 is 1.51. The molecule has 43 heavy (non-hydrogen) atoms. The second-order valence-corrected chi connectivity index (χ2v) is 10.9. The maximum atomic E-state index is 14.3. The summed E-state index contributed by atoms with van der Waals surface area (Å²) in [6.45, 7) is 1.48. The fraction of sp³-hybridized carbons (Fsp3) is 0.176. The number of halogens is 3. The lowest BCUT2D eigenvalue weighted by Gasteiger charge is -2.22. The van der Waals surface area contributed by atoms with Crippen molar-refractivity contribution in [2.75, 3.05) is 11.4 Å². The number of carbonyl (C=O) groups is 1. The Labute approximate surface area is 251 Å². The van der Waals surface area contributed by atoms with Gasteiger partial charge in [0.15, 0.2) is 5.13 Å². The van der Waals surface area contributed by atoms with Crippen LogP contribution in [-0.4, -0.2) is 22.6 Å². The number of aryl methyl sites for hydroxylation is 1. The molecule has 0 saturated heterocycles. The van der Waals surface area contributed by atoms with E-state index in [0.29, 0.717) is 30.8 Å². The number of hydrogen-bond acceptors (Lipinski definition) is 5. The van der Waals surface area contributed by atoms with Gasteiger partial charge in [-0.1, -0.05) is 42.5 Å². The summed E-state index contributed by atoms with van der Waals surface area (Å²) in [5, 5.41) is 11.6. The predicted molar refractivity (Wildman–Crippen MR) is 162 cm³/mol. The average Bonchev–Trinajstić information content (AvgIpc) is 3.50. The van der Waals surface area contributed by atoms with Crippen molar-refractivity contribution in [1.82, 2.24) is 4.98 Å². The van der Waals surface area contributed by atoms with Crippen molar-refractivity contribution in [2.45, 2.75) is 32.4 Å². The Balaban J connectivity index is 1.25. The molecule has 4 aromatic carbocycles. The zero-order chi connectivity index (χ0) is 30.2. The van der Waals surface area contributed by atoms with Gasteiger partial charge in [-0.15, -0.1) is 11.3 Å². The van der Waals surface area contributed by atoms with Gasteiger partial charge in [-0.25, -0.2) is 18.2 Å². The zero-order valence-corrected chi connectivity index (χ0v) is 24.0. The molecule has 0 atom stereocenters. The molecule has 0 amide bonds. The van der Waals surface area contributed by atoms with E-state index in [1.165, 1.54) is 41.7 Å². The Morgan fingerprint density at radius 3 is 2.14 bits per heavy atom. The van der Waals surface area contributed by atoms with Gasteiger partial charge < -0.3 is 14.7 Å². The number of anilines is 1. The van der Waals surface area contributed by atoms with Crippen LogP contribution >= 0.6 is 11.3 Å². The van der Waals surface area contributed by atoms with E-state index in [9.17, 15) is 18.0 Å². The number of thiazole rings is 1. The second-order valence-electron chi connectivity index (χ2n) is 10.1. The van der Waals surface area contributed by atoms with E-state index < -0.39 is 11.8 Å². The zero-order valence-electron chi connectivity index (χ0n) is 23.2. The molecule has 0 spiro atoms. The molecule has 0 bridgehead atoms. The van der Waals surface area contributed by atoms with Gasteiger partial charge in [0.25, 0.3) is 0 Å². The first-order chi connectivity index (χ1) is 20.8. The molecular formula is C34H29F3N2O3S. The van der Waals surface area contributed by atoms with Crippen molar-refractivity contribution < 1.29 is 27.8 Å². The minimum Gasteiger partial charge on any atom is -0.489 e. The summed E-state index contributed by atoms with van der Waals surface area (Å²) < 4.78 is 46.9. The van der Waals surface area contributed by atoms with Crippen LogP contribution in [0.3, 0.4) is 0 Å². The van der Waals surface area contributed by atoms with Gasteiger partial charge in [0, 0.05) is 36.5 Å². The molecule has 9 heteroatoms. The number of ether oxygens (including phenoxy) is 1. The number of benzene rings is 4. The normalized spacial score (nSPS) is 11.0. The van der Waals surface area contributed by atoms with Gasteiger partial charge in [0.1, 0.15) is 29.8 Å². The Morgan fingerprint density at radius 2 is 1.47 bits per heavy atom. The fourth-order valence-electron chi connectivity index (χ4n) is 4.51. The standard InChI is InChI=1S/C34H29F3N2O3S/c35-28-11-5-23(6-12-28)17-18-39(34-38-32(22-43-34)27-7-13-29(36)14-8-27)20-24-1-3-25(4-2-24)21-42-30-15-9-26(31(37)19-30)10-16-33(40)41/h1-9,11-15,19,22H,10,16-18,20-21H2,(H,40,41). The molecule has 220 valence electrons. The molecule has 0 unspecified atom stereocenters. The van der Waals surface area contributed by atoms with Crippen LogP contribution in [0.2, 0.25) is 0 Å². The molecule has 0 saturated carbocycles. The summed E-state index contributed by atoms with van der Waals surface area (Å²) in [5.41, 5.74) is 4.92. The van der Waals surface area contributed by atoms with Crippen LogP contribution in [0, 0.1) is 17.5 Å². The van der Waals surface area contributed by atoms with Crippen molar-refractivity contribution in [3.8, 4) is 17.0 Å². The molecular weight excluding hydrogens is 573 g/mol. The molecule has 5 nitrogen and oxygen atoms in total. The highest BCUT2D eigenvalue weighted by atomic mass is 32.1. The molecule has 0 aliphatic rings. The number of carboxylic acids is 1. The first-order valence-corrected chi connectivity index (χ1v) is 14.6. The van der Waals surface area contributed by atoms with Crippen molar-refractivity contribution in [3.63, 3.8) is 0 Å². The smallest absolute Gasteiger partial charge is 0.303 e. The molecule has 5 aromatic rings. The minimum atomic E-state index is -0.972. The number of hydrogen-bond donors (Lipinski definition) is 1. The predicted octanol–water partition coefficient (Wildman–Crippen LogP) is 8.07. The first-order valence-electron chi connectivity index (χ1n) is 13.7. The van der Waals surface area contributed by atoms with Gasteiger partial charge in [-0.2, -0.15) is 0 Å². The monoisotopic (exact) mass is 602 g/mol. The molecule has 5 rings (SSSR count). The molecule has 0 aliphatic heterocycles. The van der Waals surface area contributed by atoms with Crippen LogP contribution in [0.15, 0.2) is 96.4 Å². The molecule has 1 heterocycles. The lowest BCUT2D eigenvalue weighted by atomic mass is 10.1. The number of rotatable bonds is 13. The summed E-state index contributed by atoms with van der Waals surface area (Å²) in [4.78, 5) is 17.8. The maximum absolute atomic E-state index is 14.3. The van der Waals surface area contributed by atoms with Gasteiger partial charge in [-0.3, -0.25) is 4.79 Å². The molecule has 0 fully saturated rings. The van der Waals surface area contributed by atoms with Crippen molar-refractivity contribution in [1.29, 1.82) is 0 Å². The van der Waals surface area contributed by atoms with Crippen LogP contribution < -0.4 is 9.64 Å². The van der Waals surface area contributed by atoms with Crippen LogP contribution in [0.5, 0.6) is 5.75 Å². The van der Waals surface area contributed by atoms with E-state index in [-0.39, 0.29) is 31.1 Å². The van der Waals surface area contributed by atoms with E-state index in [4.69, 9.17) is 14.8 Å². The third-order valence-electron chi connectivity index (χ3n) is 6.92. The third kappa shape index (κ3) is 8.45. The maximum Gasteiger partial charge on any atom is 0.303 e. The van der Waals surface area contributed by atoms with Crippen LogP contribution in [0.25, 0.3) is 11.3 Å². The van der Waals surface area contributed by atoms with Crippen LogP contribution in [0.1, 0.15) is 28.7 Å². The third-order valence-corrected chi connectivity index (χ3v) is 7.82. The quantitative estimate of drug-likeness (QED) is 0.148. The molecule has 0 aliphatic carbocycles. The van der Waals surface area contributed by atoms with Gasteiger partial charge >= 0.3 is 5.97 Å². The lowest BCUT2D eigenvalue weighted by molar-refractivity contribution is -0.136. The Morgan fingerprint density at radius 1 is 0.814 bits per heavy atom. The van der Waals surface area contributed by atoms with E-state index >= 15 is 0 Å². The van der Waals surface area contributed by atoms with Gasteiger partial charge in [0.05, 0.1) is 5.69 Å². The van der Waals surface area contributed by atoms with Crippen molar-refractivity contribution in [2.24, 2.45) is 0 Å². The van der Waals surface area contributed by atoms with E-state index in [0.717, 1.165) is 33.1 Å². The lowest BCUT2D eigenvalue weighted by Crippen LogP contribution is -2.25. The van der Waals surface area contributed by atoms with E-state index in [1.807, 2.05) is 29.6 Å². The minimum absolute atomic E-state index is 0.123. The largest absolute Gasteiger partial charge is 0.489 e. The topological polar surface area (TPSA) is 62.7 Å². The highest BCUT2D eigenvalue weighted by molar-refractivity contribution is 7.14. The molecule has 1 aromatic heterocycles. The molecule has 1 N–H and O–H groups in total. The highest BCUT2D eigenvalue weighted by Gasteiger charge is 2.14. The fourth-order valence-corrected chi connectivity index (χ4v) is 5.37. The number of aliphatic carboxylic acids is 1. The second kappa shape index (κ2) is 14.0. The van der Waals surface area contributed by atoms with E-state index in [2.05, 4.69) is 4.90 Å². The Bertz CT molecular complexity index is 1660. The van der Waals surface area contributed by atoms with Gasteiger partial charge in [0.2, 0.25) is 0 Å². The highest BCUT2D eigenvalue weighted by Crippen LogP contribution is 2.29. The van der Waals surface area contributed by atoms with Crippen LogP contribution in [-0.2, 0) is 30.8 Å². The average molecular weight is 603 g/mol. The molecule has 0 radical (unpaired) electrons. The van der Waals surface area contributed by atoms with Crippen LogP contribution in [0.4, 0.5) is 18.3 Å². The Hall–Kier alpha value is -4.63. The SMILES string of the molecule is O=C(O)CCc1ccc(OCc2ccc(CN(CCc3ccc(F)cc3)c3nc(-c4ccc(F)cc4)cs3)cc2)cc1F. The van der Waals surface area contributed by atoms with Crippen molar-refractivity contribution in [3.05, 3.63) is 136 Å².